The van der Waals surface area contributed by atoms with Crippen LogP contribution in [-0.2, 0) is 24.5 Å². The van der Waals surface area contributed by atoms with Crippen LogP contribution in [0.3, 0.4) is 0 Å². The first-order valence-electron chi connectivity index (χ1n) is 8.04. The predicted octanol–water partition coefficient (Wildman–Crippen LogP) is 0.445. The second-order valence-corrected chi connectivity index (χ2v) is 7.77. The molecule has 0 bridgehead atoms. The molecule has 1 unspecified atom stereocenters. The summed E-state index contributed by atoms with van der Waals surface area (Å²) in [5.41, 5.74) is 0. The summed E-state index contributed by atoms with van der Waals surface area (Å²) in [5.74, 6) is -1.67. The van der Waals surface area contributed by atoms with Crippen LogP contribution in [0.4, 0.5) is 0 Å². The zero-order valence-corrected chi connectivity index (χ0v) is 14.1. The van der Waals surface area contributed by atoms with Crippen molar-refractivity contribution in [3.8, 4) is 0 Å². The molecule has 8 nitrogen and oxygen atoms in total. The van der Waals surface area contributed by atoms with Crippen LogP contribution in [0.5, 0.6) is 0 Å². The van der Waals surface area contributed by atoms with Crippen molar-refractivity contribution in [3.63, 3.8) is 0 Å². The molecule has 23 heavy (non-hydrogen) atoms. The normalized spacial score (nSPS) is 25.2. The molecule has 0 aromatic heterocycles. The van der Waals surface area contributed by atoms with Gasteiger partial charge in [0.05, 0.1) is 12.5 Å². The predicted molar refractivity (Wildman–Crippen MR) is 81.8 cm³/mol. The fourth-order valence-corrected chi connectivity index (χ4v) is 5.00. The molecule has 2 heterocycles. The van der Waals surface area contributed by atoms with Crippen LogP contribution in [0.15, 0.2) is 0 Å². The smallest absolute Gasteiger partial charge is 0.322 e. The van der Waals surface area contributed by atoms with Gasteiger partial charge in [0.2, 0.25) is 0 Å². The van der Waals surface area contributed by atoms with E-state index >= 15 is 0 Å². The van der Waals surface area contributed by atoms with E-state index in [0.717, 1.165) is 4.31 Å². The number of carboxylic acids is 1. The van der Waals surface area contributed by atoms with Gasteiger partial charge in [0.1, 0.15) is 6.04 Å². The minimum atomic E-state index is -3.81. The van der Waals surface area contributed by atoms with Crippen molar-refractivity contribution in [2.24, 2.45) is 5.92 Å². The third-order valence-electron chi connectivity index (χ3n) is 4.44. The average molecular weight is 348 g/mol. The van der Waals surface area contributed by atoms with Gasteiger partial charge in [0.25, 0.3) is 10.2 Å². The highest BCUT2D eigenvalue weighted by Gasteiger charge is 2.41. The van der Waals surface area contributed by atoms with E-state index in [0.29, 0.717) is 38.7 Å². The number of piperidine rings is 2. The molecule has 0 aliphatic carbocycles. The molecule has 1 atom stereocenters. The topological polar surface area (TPSA) is 104 Å². The second-order valence-electron chi connectivity index (χ2n) is 5.89. The summed E-state index contributed by atoms with van der Waals surface area (Å²) in [7, 11) is -3.81. The summed E-state index contributed by atoms with van der Waals surface area (Å²) in [5, 5.41) is 9.26. The number of carbonyl (C=O) groups is 2. The van der Waals surface area contributed by atoms with Crippen LogP contribution in [0.1, 0.15) is 39.0 Å². The number of nitrogens with zero attached hydrogens (tertiary/aromatic N) is 2. The van der Waals surface area contributed by atoms with E-state index in [2.05, 4.69) is 0 Å². The van der Waals surface area contributed by atoms with Gasteiger partial charge in [-0.05, 0) is 39.0 Å². The zero-order valence-electron chi connectivity index (χ0n) is 13.3. The van der Waals surface area contributed by atoms with E-state index in [9.17, 15) is 23.1 Å². The summed E-state index contributed by atoms with van der Waals surface area (Å²) >= 11 is 0. The van der Waals surface area contributed by atoms with Gasteiger partial charge in [0.15, 0.2) is 0 Å². The maximum Gasteiger partial charge on any atom is 0.322 e. The third-order valence-corrected chi connectivity index (χ3v) is 6.48. The minimum Gasteiger partial charge on any atom is -0.480 e. The molecule has 2 rings (SSSR count). The molecule has 1 N–H and O–H groups in total. The molecule has 0 aromatic rings. The summed E-state index contributed by atoms with van der Waals surface area (Å²) < 4.78 is 32.8. The number of carboxylic acid groups (broad SMARTS) is 1. The molecule has 2 aliphatic rings. The van der Waals surface area contributed by atoms with Crippen LogP contribution in [0.2, 0.25) is 0 Å². The molecule has 132 valence electrons. The molecule has 0 saturated carbocycles. The zero-order chi connectivity index (χ0) is 17.0. The van der Waals surface area contributed by atoms with E-state index in [1.54, 1.807) is 6.92 Å². The SMILES string of the molecule is CCOC(=O)C1CCN(S(=O)(=O)N2CCCCC2C(=O)O)CC1. The lowest BCUT2D eigenvalue weighted by atomic mass is 9.98. The molecule has 0 spiro atoms. The average Bonchev–Trinajstić information content (AvgIpc) is 2.55. The molecular weight excluding hydrogens is 324 g/mol. The van der Waals surface area contributed by atoms with Crippen LogP contribution in [-0.4, -0.2) is 66.4 Å². The number of aliphatic carboxylic acids is 1. The molecule has 2 fully saturated rings. The maximum absolute atomic E-state index is 12.7. The lowest BCUT2D eigenvalue weighted by Crippen LogP contribution is -2.55. The van der Waals surface area contributed by atoms with Gasteiger partial charge in [0, 0.05) is 19.6 Å². The fourth-order valence-electron chi connectivity index (χ4n) is 3.16. The van der Waals surface area contributed by atoms with E-state index in [-0.39, 0.29) is 31.5 Å². The number of ether oxygens (including phenoxy) is 1. The molecule has 0 amide bonds. The van der Waals surface area contributed by atoms with Gasteiger partial charge in [-0.2, -0.15) is 17.0 Å². The van der Waals surface area contributed by atoms with Crippen molar-refractivity contribution in [1.29, 1.82) is 0 Å². The molecule has 0 aromatic carbocycles. The van der Waals surface area contributed by atoms with Crippen molar-refractivity contribution in [3.05, 3.63) is 0 Å². The van der Waals surface area contributed by atoms with Crippen molar-refractivity contribution in [1.82, 2.24) is 8.61 Å². The summed E-state index contributed by atoms with van der Waals surface area (Å²) in [4.78, 5) is 23.0. The molecule has 9 heteroatoms. The van der Waals surface area contributed by atoms with Crippen LogP contribution in [0.25, 0.3) is 0 Å². The van der Waals surface area contributed by atoms with E-state index in [1.165, 1.54) is 4.31 Å². The largest absolute Gasteiger partial charge is 0.480 e. The Morgan fingerprint density at radius 1 is 1.13 bits per heavy atom. The van der Waals surface area contributed by atoms with E-state index in [1.807, 2.05) is 0 Å². The van der Waals surface area contributed by atoms with Gasteiger partial charge in [-0.25, -0.2) is 0 Å². The van der Waals surface area contributed by atoms with Crippen LogP contribution >= 0.6 is 0 Å². The minimum absolute atomic E-state index is 0.217. The molecule has 2 aliphatic heterocycles. The summed E-state index contributed by atoms with van der Waals surface area (Å²) in [6, 6.07) is -0.989. The lowest BCUT2D eigenvalue weighted by molar-refractivity contribution is -0.149. The van der Waals surface area contributed by atoms with Crippen molar-refractivity contribution in [2.75, 3.05) is 26.2 Å². The number of esters is 1. The van der Waals surface area contributed by atoms with Gasteiger partial charge >= 0.3 is 11.9 Å². The Hall–Kier alpha value is -1.19. The Balaban J connectivity index is 2.03. The Kier molecular flexibility index (Phi) is 5.99. The Labute approximate surface area is 136 Å². The van der Waals surface area contributed by atoms with E-state index in [4.69, 9.17) is 4.74 Å². The van der Waals surface area contributed by atoms with Crippen molar-refractivity contribution >= 4 is 22.1 Å². The number of hydrogen-bond donors (Lipinski definition) is 1. The lowest BCUT2D eigenvalue weighted by Gasteiger charge is -2.38. The molecule has 0 radical (unpaired) electrons. The van der Waals surface area contributed by atoms with Gasteiger partial charge < -0.3 is 9.84 Å². The quantitative estimate of drug-likeness (QED) is 0.723. The van der Waals surface area contributed by atoms with Crippen molar-refractivity contribution in [2.45, 2.75) is 45.1 Å². The highest BCUT2D eigenvalue weighted by molar-refractivity contribution is 7.86. The van der Waals surface area contributed by atoms with Crippen LogP contribution in [0, 0.1) is 5.92 Å². The third kappa shape index (κ3) is 4.02. The Morgan fingerprint density at radius 2 is 1.78 bits per heavy atom. The van der Waals surface area contributed by atoms with Gasteiger partial charge in [-0.1, -0.05) is 0 Å². The van der Waals surface area contributed by atoms with Gasteiger partial charge in [-0.3, -0.25) is 9.59 Å². The molecular formula is C14H24N2O6S. The first-order valence-corrected chi connectivity index (χ1v) is 9.44. The van der Waals surface area contributed by atoms with Gasteiger partial charge in [-0.15, -0.1) is 0 Å². The first kappa shape index (κ1) is 18.2. The summed E-state index contributed by atoms with van der Waals surface area (Å²) in [6.45, 7) is 2.71. The van der Waals surface area contributed by atoms with Crippen molar-refractivity contribution < 1.29 is 27.9 Å². The second kappa shape index (κ2) is 7.59. The number of carbonyl (C=O) groups excluding carboxylic acids is 1. The highest BCUT2D eigenvalue weighted by Crippen LogP contribution is 2.27. The Morgan fingerprint density at radius 3 is 2.35 bits per heavy atom. The standard InChI is InChI=1S/C14H24N2O6S/c1-2-22-14(19)11-6-9-15(10-7-11)23(20,21)16-8-4-3-5-12(16)13(17)18/h11-12H,2-10H2,1H3,(H,17,18). The monoisotopic (exact) mass is 348 g/mol. The first-order chi connectivity index (χ1) is 10.9. The maximum atomic E-state index is 12.7. The van der Waals surface area contributed by atoms with Crippen LogP contribution < -0.4 is 0 Å². The number of rotatable bonds is 5. The number of hydrogen-bond acceptors (Lipinski definition) is 5. The summed E-state index contributed by atoms with van der Waals surface area (Å²) in [6.07, 6.45) is 2.54. The highest BCUT2D eigenvalue weighted by atomic mass is 32.2. The Bertz CT molecular complexity index is 541. The molecule has 2 saturated heterocycles. The van der Waals surface area contributed by atoms with E-state index < -0.39 is 22.2 Å². The fraction of sp³-hybridized carbons (Fsp3) is 0.857.